The van der Waals surface area contributed by atoms with Crippen molar-refractivity contribution in [1.29, 1.82) is 0 Å². The Morgan fingerprint density at radius 3 is 2.31 bits per heavy atom. The number of nitro groups is 1. The minimum Gasteiger partial charge on any atom is -0.493 e. The van der Waals surface area contributed by atoms with Gasteiger partial charge in [0, 0.05) is 25.2 Å². The molecule has 0 N–H and O–H groups in total. The van der Waals surface area contributed by atoms with Crippen molar-refractivity contribution in [2.75, 3.05) is 27.9 Å². The highest BCUT2D eigenvalue weighted by Crippen LogP contribution is 2.33. The topological polar surface area (TPSA) is 91.1 Å². The van der Waals surface area contributed by atoms with Crippen LogP contribution in [-0.4, -0.2) is 43.6 Å². The van der Waals surface area contributed by atoms with Gasteiger partial charge >= 0.3 is 5.69 Å². The number of methoxy groups -OCH3 is 3. The van der Waals surface area contributed by atoms with Crippen LogP contribution in [0.5, 0.6) is 17.2 Å². The second kappa shape index (κ2) is 8.64. The molecule has 0 unspecified atom stereocenters. The van der Waals surface area contributed by atoms with E-state index in [1.165, 1.54) is 25.3 Å². The molecule has 0 saturated heterocycles. The lowest BCUT2D eigenvalue weighted by Crippen LogP contribution is -2.34. The van der Waals surface area contributed by atoms with E-state index in [9.17, 15) is 14.9 Å². The molecular weight excluding hydrogens is 376 g/mol. The Hall–Kier alpha value is -3.55. The second-order valence-corrected chi connectivity index (χ2v) is 6.51. The number of rotatable bonds is 6. The fourth-order valence-corrected chi connectivity index (χ4v) is 3.29. The van der Waals surface area contributed by atoms with Crippen molar-refractivity contribution in [2.24, 2.45) is 0 Å². The van der Waals surface area contributed by atoms with Gasteiger partial charge in [-0.2, -0.15) is 0 Å². The van der Waals surface area contributed by atoms with Gasteiger partial charge in [-0.3, -0.25) is 14.9 Å². The minimum absolute atomic E-state index is 0.118. The van der Waals surface area contributed by atoms with Gasteiger partial charge in [0.2, 0.25) is 5.91 Å². The summed E-state index contributed by atoms with van der Waals surface area (Å²) < 4.78 is 15.7. The van der Waals surface area contributed by atoms with E-state index in [1.54, 1.807) is 31.3 Å². The molecule has 0 bridgehead atoms. The maximum absolute atomic E-state index is 12.6. The summed E-state index contributed by atoms with van der Waals surface area (Å²) in [6.45, 7) is 1.07. The van der Waals surface area contributed by atoms with Gasteiger partial charge in [0.05, 0.1) is 26.3 Å². The zero-order chi connectivity index (χ0) is 21.0. The lowest BCUT2D eigenvalue weighted by molar-refractivity contribution is -0.385. The molecule has 1 aliphatic rings. The molecule has 1 amide bonds. The van der Waals surface area contributed by atoms with Gasteiger partial charge < -0.3 is 19.1 Å². The summed E-state index contributed by atoms with van der Waals surface area (Å²) in [5.74, 6) is 1.33. The predicted molar refractivity (Wildman–Crippen MR) is 107 cm³/mol. The Bertz CT molecular complexity index is 970. The number of ether oxygens (including phenoxy) is 3. The maximum Gasteiger partial charge on any atom is 0.310 e. The summed E-state index contributed by atoms with van der Waals surface area (Å²) in [5, 5.41) is 11.0. The van der Waals surface area contributed by atoms with Gasteiger partial charge in [0.1, 0.15) is 0 Å². The zero-order valence-corrected chi connectivity index (χ0v) is 16.5. The van der Waals surface area contributed by atoms with Crippen LogP contribution in [0.1, 0.15) is 16.7 Å². The average molecular weight is 398 g/mol. The molecule has 1 heterocycles. The van der Waals surface area contributed by atoms with Crippen LogP contribution in [0.25, 0.3) is 6.08 Å². The molecular formula is C21H22N2O6. The normalized spacial score (nSPS) is 13.1. The first-order valence-corrected chi connectivity index (χ1v) is 9.00. The van der Waals surface area contributed by atoms with Gasteiger partial charge in [0.15, 0.2) is 17.2 Å². The van der Waals surface area contributed by atoms with E-state index in [1.807, 2.05) is 12.1 Å². The average Bonchev–Trinajstić information content (AvgIpc) is 2.75. The fraction of sp³-hybridized carbons (Fsp3) is 0.286. The Labute approximate surface area is 168 Å². The Balaban J connectivity index is 1.75. The second-order valence-electron chi connectivity index (χ2n) is 6.51. The molecule has 152 valence electrons. The maximum atomic E-state index is 12.6. The summed E-state index contributed by atoms with van der Waals surface area (Å²) in [6, 6.07) is 8.32. The van der Waals surface area contributed by atoms with E-state index in [-0.39, 0.29) is 17.3 Å². The van der Waals surface area contributed by atoms with E-state index < -0.39 is 4.92 Å². The highest BCUT2D eigenvalue weighted by Gasteiger charge is 2.22. The molecule has 2 aromatic rings. The number of hydrogen-bond acceptors (Lipinski definition) is 6. The van der Waals surface area contributed by atoms with E-state index in [2.05, 4.69) is 0 Å². The molecule has 0 atom stereocenters. The van der Waals surface area contributed by atoms with Gasteiger partial charge in [-0.25, -0.2) is 0 Å². The molecule has 8 nitrogen and oxygen atoms in total. The van der Waals surface area contributed by atoms with Crippen LogP contribution in [0.3, 0.4) is 0 Å². The molecule has 0 aliphatic carbocycles. The Morgan fingerprint density at radius 1 is 1.03 bits per heavy atom. The third-order valence-corrected chi connectivity index (χ3v) is 4.85. The van der Waals surface area contributed by atoms with Crippen molar-refractivity contribution in [1.82, 2.24) is 4.90 Å². The molecule has 0 radical (unpaired) electrons. The molecule has 8 heteroatoms. The number of amides is 1. The molecule has 0 fully saturated rings. The van der Waals surface area contributed by atoms with Gasteiger partial charge in [0.25, 0.3) is 0 Å². The summed E-state index contributed by atoms with van der Waals surface area (Å²) in [4.78, 5) is 24.8. The largest absolute Gasteiger partial charge is 0.493 e. The first-order valence-electron chi connectivity index (χ1n) is 9.00. The number of nitrogens with zero attached hydrogens (tertiary/aromatic N) is 2. The summed E-state index contributed by atoms with van der Waals surface area (Å²) in [6.07, 6.45) is 3.81. The van der Waals surface area contributed by atoms with E-state index in [0.29, 0.717) is 30.2 Å². The molecule has 3 rings (SSSR count). The van der Waals surface area contributed by atoms with Crippen LogP contribution in [0.4, 0.5) is 5.69 Å². The van der Waals surface area contributed by atoms with Crippen molar-refractivity contribution < 1.29 is 23.9 Å². The number of carbonyl (C=O) groups excluding carboxylic acids is 1. The molecule has 0 aromatic heterocycles. The molecule has 1 aliphatic heterocycles. The van der Waals surface area contributed by atoms with Gasteiger partial charge in [-0.15, -0.1) is 0 Å². The Kier molecular flexibility index (Phi) is 6.01. The third kappa shape index (κ3) is 4.31. The van der Waals surface area contributed by atoms with Crippen molar-refractivity contribution in [3.05, 3.63) is 63.2 Å². The smallest absolute Gasteiger partial charge is 0.310 e. The van der Waals surface area contributed by atoms with Crippen LogP contribution in [0.2, 0.25) is 0 Å². The highest BCUT2D eigenvalue weighted by molar-refractivity contribution is 5.92. The van der Waals surface area contributed by atoms with Crippen molar-refractivity contribution >= 4 is 17.7 Å². The number of carbonyl (C=O) groups is 1. The monoisotopic (exact) mass is 398 g/mol. The van der Waals surface area contributed by atoms with Crippen LogP contribution in [-0.2, 0) is 17.8 Å². The van der Waals surface area contributed by atoms with Crippen LogP contribution >= 0.6 is 0 Å². The van der Waals surface area contributed by atoms with E-state index in [0.717, 1.165) is 17.5 Å². The summed E-state index contributed by atoms with van der Waals surface area (Å²) in [7, 11) is 4.55. The minimum atomic E-state index is -0.508. The number of nitro benzene ring substituents is 1. The van der Waals surface area contributed by atoms with Crippen LogP contribution in [0.15, 0.2) is 36.4 Å². The number of benzene rings is 2. The number of fused-ring (bicyclic) bond motifs is 1. The van der Waals surface area contributed by atoms with E-state index in [4.69, 9.17) is 14.2 Å². The van der Waals surface area contributed by atoms with Gasteiger partial charge in [-0.05, 0) is 53.5 Å². The van der Waals surface area contributed by atoms with Crippen molar-refractivity contribution in [2.45, 2.75) is 13.0 Å². The summed E-state index contributed by atoms with van der Waals surface area (Å²) >= 11 is 0. The fourth-order valence-electron chi connectivity index (χ4n) is 3.29. The van der Waals surface area contributed by atoms with E-state index >= 15 is 0 Å². The molecule has 29 heavy (non-hydrogen) atoms. The van der Waals surface area contributed by atoms with Gasteiger partial charge in [-0.1, -0.05) is 0 Å². The lowest BCUT2D eigenvalue weighted by atomic mass is 9.98. The highest BCUT2D eigenvalue weighted by atomic mass is 16.6. The molecule has 2 aromatic carbocycles. The van der Waals surface area contributed by atoms with Crippen LogP contribution < -0.4 is 14.2 Å². The SMILES string of the molecule is COc1cc2c(cc1OC)CN(C(=O)/C=C/c1ccc([N+](=O)[O-])c(OC)c1)CC2. The van der Waals surface area contributed by atoms with Crippen molar-refractivity contribution in [3.63, 3.8) is 0 Å². The predicted octanol–water partition coefficient (Wildman–Crippen LogP) is 3.22. The molecule has 0 spiro atoms. The van der Waals surface area contributed by atoms with Crippen molar-refractivity contribution in [3.8, 4) is 17.2 Å². The first-order chi connectivity index (χ1) is 14.0. The molecule has 0 saturated carbocycles. The standard InChI is InChI=1S/C21H22N2O6/c1-27-18-10-14(4-6-17(18)23(25)26)5-7-21(24)22-9-8-15-11-19(28-2)20(29-3)12-16(15)13-22/h4-7,10-12H,8-9,13H2,1-3H3/b7-5+. The quantitative estimate of drug-likeness (QED) is 0.422. The number of hydrogen-bond donors (Lipinski definition) is 0. The Morgan fingerprint density at radius 2 is 1.69 bits per heavy atom. The first kappa shape index (κ1) is 20.2. The third-order valence-electron chi connectivity index (χ3n) is 4.85. The van der Waals surface area contributed by atoms with Crippen LogP contribution in [0, 0.1) is 10.1 Å². The zero-order valence-electron chi connectivity index (χ0n) is 16.5. The summed E-state index contributed by atoms with van der Waals surface area (Å²) in [5.41, 5.74) is 2.68. The lowest BCUT2D eigenvalue weighted by Gasteiger charge is -2.28.